The first-order chi connectivity index (χ1) is 5.46. The Hall–Kier alpha value is -0.300. The van der Waals surface area contributed by atoms with E-state index in [-0.39, 0.29) is 11.5 Å². The lowest BCUT2D eigenvalue weighted by atomic mass is 9.70. The van der Waals surface area contributed by atoms with Crippen molar-refractivity contribution in [2.75, 3.05) is 0 Å². The third-order valence-corrected chi connectivity index (χ3v) is 3.48. The molecule has 0 unspecified atom stereocenters. The number of aliphatic hydroxyl groups excluding tert-OH is 1. The fraction of sp³-hybridized carbons (Fsp3) is 0.818. The van der Waals surface area contributed by atoms with Gasteiger partial charge in [0.25, 0.3) is 0 Å². The van der Waals surface area contributed by atoms with Gasteiger partial charge in [-0.2, -0.15) is 0 Å². The summed E-state index contributed by atoms with van der Waals surface area (Å²) >= 11 is 0. The summed E-state index contributed by atoms with van der Waals surface area (Å²) in [5.74, 6) is 0. The summed E-state index contributed by atoms with van der Waals surface area (Å²) in [6.07, 6.45) is 3.18. The molecule has 0 aliphatic heterocycles. The molecule has 1 nitrogen and oxygen atoms in total. The van der Waals surface area contributed by atoms with Crippen LogP contribution >= 0.6 is 0 Å². The Balaban J connectivity index is 2.77. The number of rotatable bonds is 1. The molecule has 12 heavy (non-hydrogen) atoms. The Labute approximate surface area is 75.5 Å². The number of allylic oxidation sites excluding steroid dienone is 2. The van der Waals surface area contributed by atoms with E-state index < -0.39 is 0 Å². The topological polar surface area (TPSA) is 20.2 Å². The van der Waals surface area contributed by atoms with Crippen molar-refractivity contribution in [1.29, 1.82) is 0 Å². The highest BCUT2D eigenvalue weighted by Crippen LogP contribution is 2.41. The van der Waals surface area contributed by atoms with E-state index in [0.717, 1.165) is 19.3 Å². The zero-order valence-electron chi connectivity index (χ0n) is 8.65. The number of aliphatic hydroxyl groups is 1. The molecular formula is C11H20O. The highest BCUT2D eigenvalue weighted by Gasteiger charge is 2.32. The summed E-state index contributed by atoms with van der Waals surface area (Å²) in [5.41, 5.74) is 3.13. The standard InChI is InChI=1S/C11H20O/c1-8-5-6-11(4,10(3)12)7-9(8)2/h10,12H,5-7H2,1-4H3/t10-,11+/m1/s1. The summed E-state index contributed by atoms with van der Waals surface area (Å²) in [5, 5.41) is 9.62. The second-order valence-corrected chi connectivity index (χ2v) is 4.57. The smallest absolute Gasteiger partial charge is 0.0568 e. The van der Waals surface area contributed by atoms with Gasteiger partial charge >= 0.3 is 0 Å². The average molecular weight is 168 g/mol. The molecule has 0 aromatic rings. The molecule has 2 atom stereocenters. The third-order valence-electron chi connectivity index (χ3n) is 3.48. The summed E-state index contributed by atoms with van der Waals surface area (Å²) in [6.45, 7) is 8.49. The lowest BCUT2D eigenvalue weighted by Crippen LogP contribution is -2.32. The SMILES string of the molecule is CC1=C(C)C[C@@](C)([C@@H](C)O)CC1. The van der Waals surface area contributed by atoms with Gasteiger partial charge in [0.1, 0.15) is 0 Å². The van der Waals surface area contributed by atoms with Crippen LogP contribution < -0.4 is 0 Å². The highest BCUT2D eigenvalue weighted by atomic mass is 16.3. The minimum Gasteiger partial charge on any atom is -0.393 e. The molecule has 0 saturated carbocycles. The van der Waals surface area contributed by atoms with Gasteiger partial charge in [-0.05, 0) is 45.4 Å². The van der Waals surface area contributed by atoms with E-state index in [1.807, 2.05) is 6.92 Å². The maximum atomic E-state index is 9.62. The second kappa shape index (κ2) is 3.21. The Bertz CT molecular complexity index is 203. The molecule has 1 N–H and O–H groups in total. The fourth-order valence-electron chi connectivity index (χ4n) is 1.89. The Morgan fingerprint density at radius 1 is 1.33 bits per heavy atom. The molecule has 0 saturated heterocycles. The zero-order valence-corrected chi connectivity index (χ0v) is 8.65. The van der Waals surface area contributed by atoms with E-state index in [2.05, 4.69) is 20.8 Å². The zero-order chi connectivity index (χ0) is 9.35. The van der Waals surface area contributed by atoms with Gasteiger partial charge in [-0.1, -0.05) is 18.1 Å². The van der Waals surface area contributed by atoms with Gasteiger partial charge in [0.05, 0.1) is 6.10 Å². The van der Waals surface area contributed by atoms with E-state index >= 15 is 0 Å². The van der Waals surface area contributed by atoms with Crippen molar-refractivity contribution in [2.45, 2.75) is 53.1 Å². The summed E-state index contributed by atoms with van der Waals surface area (Å²) in [4.78, 5) is 0. The first kappa shape index (κ1) is 9.79. The molecule has 70 valence electrons. The largest absolute Gasteiger partial charge is 0.393 e. The first-order valence-corrected chi connectivity index (χ1v) is 4.79. The van der Waals surface area contributed by atoms with Crippen LogP contribution in [0.3, 0.4) is 0 Å². The van der Waals surface area contributed by atoms with Crippen molar-refractivity contribution in [3.05, 3.63) is 11.1 Å². The minimum absolute atomic E-state index is 0.129. The van der Waals surface area contributed by atoms with Crippen LogP contribution in [0, 0.1) is 5.41 Å². The maximum Gasteiger partial charge on any atom is 0.0568 e. The second-order valence-electron chi connectivity index (χ2n) is 4.57. The molecule has 0 bridgehead atoms. The van der Waals surface area contributed by atoms with E-state index in [1.165, 1.54) is 11.1 Å². The molecular weight excluding hydrogens is 148 g/mol. The molecule has 1 heteroatoms. The molecule has 0 heterocycles. The van der Waals surface area contributed by atoms with Gasteiger partial charge in [-0.25, -0.2) is 0 Å². The van der Waals surface area contributed by atoms with Gasteiger partial charge in [-0.15, -0.1) is 0 Å². The lowest BCUT2D eigenvalue weighted by molar-refractivity contribution is 0.0417. The Kier molecular flexibility index (Phi) is 2.62. The molecule has 0 amide bonds. The van der Waals surface area contributed by atoms with Crippen LogP contribution in [0.15, 0.2) is 11.1 Å². The van der Waals surface area contributed by atoms with Crippen molar-refractivity contribution < 1.29 is 5.11 Å². The van der Waals surface area contributed by atoms with Gasteiger partial charge in [-0.3, -0.25) is 0 Å². The summed E-state index contributed by atoms with van der Waals surface area (Å²) in [7, 11) is 0. The molecule has 1 aliphatic rings. The number of hydrogen-bond acceptors (Lipinski definition) is 1. The Morgan fingerprint density at radius 3 is 2.33 bits per heavy atom. The maximum absolute atomic E-state index is 9.62. The van der Waals surface area contributed by atoms with Crippen LogP contribution in [0.2, 0.25) is 0 Å². The summed E-state index contributed by atoms with van der Waals surface area (Å²) in [6, 6.07) is 0. The van der Waals surface area contributed by atoms with Gasteiger partial charge < -0.3 is 5.11 Å². The monoisotopic (exact) mass is 168 g/mol. The normalized spacial score (nSPS) is 33.8. The third kappa shape index (κ3) is 1.71. The van der Waals surface area contributed by atoms with E-state index in [1.54, 1.807) is 0 Å². The fourth-order valence-corrected chi connectivity index (χ4v) is 1.89. The van der Waals surface area contributed by atoms with Crippen LogP contribution in [-0.2, 0) is 0 Å². The molecule has 1 rings (SSSR count). The lowest BCUT2D eigenvalue weighted by Gasteiger charge is -2.37. The van der Waals surface area contributed by atoms with Crippen LogP contribution in [0.4, 0.5) is 0 Å². The van der Waals surface area contributed by atoms with E-state index in [9.17, 15) is 5.11 Å². The molecule has 0 aromatic carbocycles. The minimum atomic E-state index is -0.180. The molecule has 0 radical (unpaired) electrons. The number of hydrogen-bond donors (Lipinski definition) is 1. The molecule has 0 aromatic heterocycles. The first-order valence-electron chi connectivity index (χ1n) is 4.79. The quantitative estimate of drug-likeness (QED) is 0.597. The predicted molar refractivity (Wildman–Crippen MR) is 52.0 cm³/mol. The van der Waals surface area contributed by atoms with E-state index in [4.69, 9.17) is 0 Å². The predicted octanol–water partition coefficient (Wildman–Crippen LogP) is 2.89. The van der Waals surface area contributed by atoms with Crippen molar-refractivity contribution in [1.82, 2.24) is 0 Å². The van der Waals surface area contributed by atoms with Crippen LogP contribution in [0.25, 0.3) is 0 Å². The average Bonchev–Trinajstić information content (AvgIpc) is 1.97. The summed E-state index contributed by atoms with van der Waals surface area (Å²) < 4.78 is 0. The molecule has 0 fully saturated rings. The Morgan fingerprint density at radius 2 is 1.92 bits per heavy atom. The van der Waals surface area contributed by atoms with Gasteiger partial charge in [0.2, 0.25) is 0 Å². The van der Waals surface area contributed by atoms with Crippen LogP contribution in [0.1, 0.15) is 47.0 Å². The molecule has 1 aliphatic carbocycles. The van der Waals surface area contributed by atoms with Crippen molar-refractivity contribution in [3.8, 4) is 0 Å². The van der Waals surface area contributed by atoms with E-state index in [0.29, 0.717) is 0 Å². The van der Waals surface area contributed by atoms with Gasteiger partial charge in [0.15, 0.2) is 0 Å². The highest BCUT2D eigenvalue weighted by molar-refractivity contribution is 5.16. The van der Waals surface area contributed by atoms with Crippen molar-refractivity contribution in [2.24, 2.45) is 5.41 Å². The van der Waals surface area contributed by atoms with Crippen molar-refractivity contribution in [3.63, 3.8) is 0 Å². The van der Waals surface area contributed by atoms with Gasteiger partial charge in [0, 0.05) is 0 Å². The van der Waals surface area contributed by atoms with Crippen molar-refractivity contribution >= 4 is 0 Å². The van der Waals surface area contributed by atoms with Crippen LogP contribution in [0.5, 0.6) is 0 Å². The van der Waals surface area contributed by atoms with Crippen LogP contribution in [-0.4, -0.2) is 11.2 Å². The molecule has 0 spiro atoms.